The van der Waals surface area contributed by atoms with Crippen LogP contribution < -0.4 is 20.1 Å². The SMILES string of the molecule is COc1ccc(OC)c(NC(=O)c2cc(NCc3cccnc3)ccn2)c1. The molecule has 2 aromatic heterocycles. The molecule has 0 unspecified atom stereocenters. The molecule has 2 N–H and O–H groups in total. The third-order valence-electron chi connectivity index (χ3n) is 3.87. The Hall–Kier alpha value is -3.61. The molecule has 0 fully saturated rings. The Kier molecular flexibility index (Phi) is 5.84. The third-order valence-corrected chi connectivity index (χ3v) is 3.87. The van der Waals surface area contributed by atoms with Gasteiger partial charge in [0.25, 0.3) is 5.91 Å². The van der Waals surface area contributed by atoms with Gasteiger partial charge in [0, 0.05) is 36.9 Å². The molecule has 0 aliphatic heterocycles. The van der Waals surface area contributed by atoms with E-state index in [1.807, 2.05) is 12.1 Å². The van der Waals surface area contributed by atoms with Gasteiger partial charge in [-0.05, 0) is 35.9 Å². The van der Waals surface area contributed by atoms with Gasteiger partial charge in [-0.15, -0.1) is 0 Å². The van der Waals surface area contributed by atoms with Crippen molar-refractivity contribution in [1.82, 2.24) is 9.97 Å². The highest BCUT2D eigenvalue weighted by molar-refractivity contribution is 6.04. The Balaban J connectivity index is 1.72. The van der Waals surface area contributed by atoms with Crippen LogP contribution >= 0.6 is 0 Å². The number of nitrogens with zero attached hydrogens (tertiary/aromatic N) is 2. The molecule has 2 heterocycles. The van der Waals surface area contributed by atoms with E-state index >= 15 is 0 Å². The fourth-order valence-electron chi connectivity index (χ4n) is 2.47. The second kappa shape index (κ2) is 8.66. The molecule has 0 atom stereocenters. The summed E-state index contributed by atoms with van der Waals surface area (Å²) in [6, 6.07) is 12.5. The first kappa shape index (κ1) is 18.2. The van der Waals surface area contributed by atoms with Gasteiger partial charge in [-0.3, -0.25) is 14.8 Å². The maximum Gasteiger partial charge on any atom is 0.274 e. The summed E-state index contributed by atoms with van der Waals surface area (Å²) in [6.07, 6.45) is 5.10. The van der Waals surface area contributed by atoms with Crippen molar-refractivity contribution in [3.8, 4) is 11.5 Å². The number of anilines is 2. The molecule has 138 valence electrons. The van der Waals surface area contributed by atoms with Crippen LogP contribution in [0.1, 0.15) is 16.1 Å². The predicted molar refractivity (Wildman–Crippen MR) is 103 cm³/mol. The van der Waals surface area contributed by atoms with Crippen molar-refractivity contribution >= 4 is 17.3 Å². The molecule has 1 amide bonds. The van der Waals surface area contributed by atoms with E-state index in [0.29, 0.717) is 23.7 Å². The molecule has 7 nitrogen and oxygen atoms in total. The number of amides is 1. The standard InChI is InChI=1S/C20H20N4O3/c1-26-16-5-6-19(27-2)17(11-16)24-20(25)18-10-15(7-9-22-18)23-13-14-4-3-8-21-12-14/h3-12H,13H2,1-2H3,(H,22,23)(H,24,25). The smallest absolute Gasteiger partial charge is 0.274 e. The van der Waals surface area contributed by atoms with Gasteiger partial charge in [0.05, 0.1) is 19.9 Å². The normalized spacial score (nSPS) is 10.1. The van der Waals surface area contributed by atoms with E-state index < -0.39 is 0 Å². The maximum atomic E-state index is 12.6. The van der Waals surface area contributed by atoms with Crippen molar-refractivity contribution in [3.63, 3.8) is 0 Å². The zero-order valence-electron chi connectivity index (χ0n) is 15.1. The predicted octanol–water partition coefficient (Wildman–Crippen LogP) is 3.36. The third kappa shape index (κ3) is 4.72. The van der Waals surface area contributed by atoms with E-state index in [2.05, 4.69) is 20.6 Å². The number of carbonyl (C=O) groups excluding carboxylic acids is 1. The highest BCUT2D eigenvalue weighted by Gasteiger charge is 2.12. The molecule has 0 saturated carbocycles. The minimum absolute atomic E-state index is 0.288. The fourth-order valence-corrected chi connectivity index (χ4v) is 2.47. The summed E-state index contributed by atoms with van der Waals surface area (Å²) in [6.45, 7) is 0.600. The lowest BCUT2D eigenvalue weighted by atomic mass is 10.2. The van der Waals surface area contributed by atoms with Crippen molar-refractivity contribution in [3.05, 3.63) is 72.3 Å². The van der Waals surface area contributed by atoms with E-state index in [1.165, 1.54) is 0 Å². The van der Waals surface area contributed by atoms with E-state index in [9.17, 15) is 4.79 Å². The average molecular weight is 364 g/mol. The summed E-state index contributed by atoms with van der Waals surface area (Å²) in [4.78, 5) is 20.8. The van der Waals surface area contributed by atoms with Crippen LogP contribution in [0.4, 0.5) is 11.4 Å². The molecule has 0 aliphatic rings. The van der Waals surface area contributed by atoms with Gasteiger partial charge in [-0.2, -0.15) is 0 Å². The van der Waals surface area contributed by atoms with Crippen LogP contribution in [0.5, 0.6) is 11.5 Å². The summed E-state index contributed by atoms with van der Waals surface area (Å²) < 4.78 is 10.5. The van der Waals surface area contributed by atoms with Crippen molar-refractivity contribution in [2.24, 2.45) is 0 Å². The summed E-state index contributed by atoms with van der Waals surface area (Å²) in [5, 5.41) is 6.07. The minimum atomic E-state index is -0.341. The van der Waals surface area contributed by atoms with Gasteiger partial charge in [0.2, 0.25) is 0 Å². The Bertz CT molecular complexity index is 916. The van der Waals surface area contributed by atoms with Crippen LogP contribution in [0.2, 0.25) is 0 Å². The summed E-state index contributed by atoms with van der Waals surface area (Å²) >= 11 is 0. The highest BCUT2D eigenvalue weighted by Crippen LogP contribution is 2.29. The zero-order valence-corrected chi connectivity index (χ0v) is 15.1. The van der Waals surface area contributed by atoms with Crippen molar-refractivity contribution < 1.29 is 14.3 Å². The van der Waals surface area contributed by atoms with E-state index in [0.717, 1.165) is 11.3 Å². The molecule has 0 aliphatic carbocycles. The lowest BCUT2D eigenvalue weighted by Gasteiger charge is -2.12. The molecular weight excluding hydrogens is 344 g/mol. The average Bonchev–Trinajstić information content (AvgIpc) is 2.73. The van der Waals surface area contributed by atoms with Crippen molar-refractivity contribution in [1.29, 1.82) is 0 Å². The monoisotopic (exact) mass is 364 g/mol. The van der Waals surface area contributed by atoms with Gasteiger partial charge in [-0.1, -0.05) is 6.07 Å². The van der Waals surface area contributed by atoms with Crippen molar-refractivity contribution in [2.75, 3.05) is 24.9 Å². The second-order valence-electron chi connectivity index (χ2n) is 5.66. The number of benzene rings is 1. The van der Waals surface area contributed by atoms with Crippen LogP contribution in [0, 0.1) is 0 Å². The Morgan fingerprint density at radius 2 is 1.96 bits per heavy atom. The van der Waals surface area contributed by atoms with E-state index in [-0.39, 0.29) is 11.6 Å². The number of hydrogen-bond donors (Lipinski definition) is 2. The number of pyridine rings is 2. The number of nitrogens with one attached hydrogen (secondary N) is 2. The molecule has 7 heteroatoms. The number of hydrogen-bond acceptors (Lipinski definition) is 6. The van der Waals surface area contributed by atoms with Crippen molar-refractivity contribution in [2.45, 2.75) is 6.54 Å². The largest absolute Gasteiger partial charge is 0.497 e. The molecule has 0 bridgehead atoms. The molecular formula is C20H20N4O3. The Morgan fingerprint density at radius 3 is 2.70 bits per heavy atom. The summed E-state index contributed by atoms with van der Waals surface area (Å²) in [5.74, 6) is 0.813. The minimum Gasteiger partial charge on any atom is -0.497 e. The first-order valence-electron chi connectivity index (χ1n) is 8.32. The number of aromatic nitrogens is 2. The van der Waals surface area contributed by atoms with Gasteiger partial charge < -0.3 is 20.1 Å². The molecule has 1 aromatic carbocycles. The van der Waals surface area contributed by atoms with Crippen LogP contribution in [-0.4, -0.2) is 30.1 Å². The Labute approximate surface area is 157 Å². The van der Waals surface area contributed by atoms with Gasteiger partial charge in [0.15, 0.2) is 0 Å². The number of carbonyl (C=O) groups is 1. The molecule has 3 aromatic rings. The second-order valence-corrected chi connectivity index (χ2v) is 5.66. The first-order valence-corrected chi connectivity index (χ1v) is 8.32. The van der Waals surface area contributed by atoms with Crippen LogP contribution in [0.15, 0.2) is 61.1 Å². The molecule has 0 radical (unpaired) electrons. The molecule has 0 spiro atoms. The van der Waals surface area contributed by atoms with Crippen LogP contribution in [0.25, 0.3) is 0 Å². The fraction of sp³-hybridized carbons (Fsp3) is 0.150. The maximum absolute atomic E-state index is 12.6. The topological polar surface area (TPSA) is 85.4 Å². The molecule has 0 saturated heterocycles. The molecule has 3 rings (SSSR count). The highest BCUT2D eigenvalue weighted by atomic mass is 16.5. The number of methoxy groups -OCH3 is 2. The van der Waals surface area contributed by atoms with Gasteiger partial charge in [0.1, 0.15) is 17.2 Å². The lowest BCUT2D eigenvalue weighted by Crippen LogP contribution is -2.15. The first-order chi connectivity index (χ1) is 13.2. The van der Waals surface area contributed by atoms with Crippen LogP contribution in [0.3, 0.4) is 0 Å². The van der Waals surface area contributed by atoms with Crippen LogP contribution in [-0.2, 0) is 6.54 Å². The zero-order chi connectivity index (χ0) is 19.1. The van der Waals surface area contributed by atoms with Gasteiger partial charge >= 0.3 is 0 Å². The summed E-state index contributed by atoms with van der Waals surface area (Å²) in [7, 11) is 3.10. The number of rotatable bonds is 7. The quantitative estimate of drug-likeness (QED) is 0.669. The summed E-state index contributed by atoms with van der Waals surface area (Å²) in [5.41, 5.74) is 2.63. The lowest BCUT2D eigenvalue weighted by molar-refractivity contribution is 0.102. The Morgan fingerprint density at radius 1 is 1.07 bits per heavy atom. The van der Waals surface area contributed by atoms with E-state index in [4.69, 9.17) is 9.47 Å². The molecule has 27 heavy (non-hydrogen) atoms. The van der Waals surface area contributed by atoms with Gasteiger partial charge in [-0.25, -0.2) is 0 Å². The van der Waals surface area contributed by atoms with E-state index in [1.54, 1.807) is 63.1 Å². The number of ether oxygens (including phenoxy) is 2.